The van der Waals surface area contributed by atoms with Gasteiger partial charge >= 0.3 is 0 Å². The molecule has 0 aliphatic heterocycles. The molecule has 0 saturated carbocycles. The molecule has 0 atom stereocenters. The molecule has 0 aliphatic rings. The largest absolute Gasteiger partial charge is 0.507 e. The number of hydrogen-bond donors (Lipinski definition) is 1. The molecule has 5 heteroatoms. The predicted octanol–water partition coefficient (Wildman–Crippen LogP) is 4.33. The van der Waals surface area contributed by atoms with Crippen LogP contribution in [-0.4, -0.2) is 15.2 Å². The topological polar surface area (TPSA) is 59.2 Å². The van der Waals surface area contributed by atoms with Crippen molar-refractivity contribution in [1.29, 1.82) is 0 Å². The van der Waals surface area contributed by atoms with E-state index in [0.29, 0.717) is 16.4 Å². The second-order valence-corrected chi connectivity index (χ2v) is 5.07. The molecule has 0 aliphatic carbocycles. The van der Waals surface area contributed by atoms with Gasteiger partial charge in [-0.2, -0.15) is 4.98 Å². The SMILES string of the molecule is CCc1ccc(-c2noc(-c3ccc(Cl)cc3O)n2)cc1. The Labute approximate surface area is 127 Å². The van der Waals surface area contributed by atoms with Crippen molar-refractivity contribution in [2.24, 2.45) is 0 Å². The molecule has 0 saturated heterocycles. The molecule has 1 aromatic heterocycles. The van der Waals surface area contributed by atoms with Crippen molar-refractivity contribution in [3.8, 4) is 28.6 Å². The Hall–Kier alpha value is -2.33. The van der Waals surface area contributed by atoms with Crippen LogP contribution in [-0.2, 0) is 6.42 Å². The standard InChI is InChI=1S/C16H13ClN2O2/c1-2-10-3-5-11(6-4-10)15-18-16(21-19-15)13-8-7-12(17)9-14(13)20/h3-9,20H,2H2,1H3. The van der Waals surface area contributed by atoms with Gasteiger partial charge in [0.1, 0.15) is 5.75 Å². The number of hydrogen-bond acceptors (Lipinski definition) is 4. The Bertz CT molecular complexity index is 766. The highest BCUT2D eigenvalue weighted by Gasteiger charge is 2.14. The highest BCUT2D eigenvalue weighted by molar-refractivity contribution is 6.30. The predicted molar refractivity (Wildman–Crippen MR) is 81.2 cm³/mol. The summed E-state index contributed by atoms with van der Waals surface area (Å²) >= 11 is 5.81. The van der Waals surface area contributed by atoms with Crippen LogP contribution in [0.15, 0.2) is 47.0 Å². The minimum Gasteiger partial charge on any atom is -0.507 e. The van der Waals surface area contributed by atoms with Crippen molar-refractivity contribution in [2.75, 3.05) is 0 Å². The number of halogens is 1. The summed E-state index contributed by atoms with van der Waals surface area (Å²) in [6, 6.07) is 12.7. The molecule has 1 heterocycles. The van der Waals surface area contributed by atoms with Crippen LogP contribution in [0.2, 0.25) is 5.02 Å². The molecule has 3 rings (SSSR count). The zero-order valence-corrected chi connectivity index (χ0v) is 12.1. The van der Waals surface area contributed by atoms with Crippen molar-refractivity contribution < 1.29 is 9.63 Å². The van der Waals surface area contributed by atoms with Crippen LogP contribution < -0.4 is 0 Å². The molecule has 21 heavy (non-hydrogen) atoms. The van der Waals surface area contributed by atoms with Gasteiger partial charge in [-0.25, -0.2) is 0 Å². The average molecular weight is 301 g/mol. The number of nitrogens with zero attached hydrogens (tertiary/aromatic N) is 2. The van der Waals surface area contributed by atoms with E-state index in [2.05, 4.69) is 17.1 Å². The van der Waals surface area contributed by atoms with E-state index >= 15 is 0 Å². The van der Waals surface area contributed by atoms with Crippen molar-refractivity contribution >= 4 is 11.6 Å². The quantitative estimate of drug-likeness (QED) is 0.782. The summed E-state index contributed by atoms with van der Waals surface area (Å²) in [5.74, 6) is 0.764. The van der Waals surface area contributed by atoms with Gasteiger partial charge in [-0.3, -0.25) is 0 Å². The highest BCUT2D eigenvalue weighted by atomic mass is 35.5. The molecule has 106 valence electrons. The molecule has 1 N–H and O–H groups in total. The fraction of sp³-hybridized carbons (Fsp3) is 0.125. The van der Waals surface area contributed by atoms with Gasteiger partial charge in [-0.15, -0.1) is 0 Å². The fourth-order valence-corrected chi connectivity index (χ4v) is 2.19. The Morgan fingerprint density at radius 3 is 2.57 bits per heavy atom. The van der Waals surface area contributed by atoms with Crippen LogP contribution in [0, 0.1) is 0 Å². The lowest BCUT2D eigenvalue weighted by Gasteiger charge is -1.99. The van der Waals surface area contributed by atoms with E-state index in [4.69, 9.17) is 16.1 Å². The molecule has 2 aromatic carbocycles. The first-order chi connectivity index (χ1) is 10.2. The lowest BCUT2D eigenvalue weighted by Crippen LogP contribution is -1.84. The molecular formula is C16H13ClN2O2. The van der Waals surface area contributed by atoms with E-state index in [1.165, 1.54) is 11.6 Å². The van der Waals surface area contributed by atoms with E-state index < -0.39 is 0 Å². The zero-order chi connectivity index (χ0) is 14.8. The van der Waals surface area contributed by atoms with E-state index in [-0.39, 0.29) is 11.6 Å². The summed E-state index contributed by atoms with van der Waals surface area (Å²) in [6.45, 7) is 2.10. The van der Waals surface area contributed by atoms with Crippen LogP contribution in [0.3, 0.4) is 0 Å². The van der Waals surface area contributed by atoms with Gasteiger partial charge in [0.15, 0.2) is 0 Å². The smallest absolute Gasteiger partial charge is 0.261 e. The van der Waals surface area contributed by atoms with Crippen LogP contribution in [0.4, 0.5) is 0 Å². The number of benzene rings is 2. The summed E-state index contributed by atoms with van der Waals surface area (Å²) in [5, 5.41) is 14.3. The number of rotatable bonds is 3. The van der Waals surface area contributed by atoms with Crippen molar-refractivity contribution in [3.05, 3.63) is 53.1 Å². The molecule has 4 nitrogen and oxygen atoms in total. The second-order valence-electron chi connectivity index (χ2n) is 4.64. The van der Waals surface area contributed by atoms with Gasteiger partial charge in [0.05, 0.1) is 5.56 Å². The summed E-state index contributed by atoms with van der Waals surface area (Å²) < 4.78 is 5.22. The van der Waals surface area contributed by atoms with Crippen molar-refractivity contribution in [3.63, 3.8) is 0 Å². The van der Waals surface area contributed by atoms with Gasteiger partial charge in [-0.1, -0.05) is 47.9 Å². The maximum absolute atomic E-state index is 9.88. The van der Waals surface area contributed by atoms with Crippen molar-refractivity contribution in [2.45, 2.75) is 13.3 Å². The van der Waals surface area contributed by atoms with Gasteiger partial charge in [0.2, 0.25) is 5.82 Å². The van der Waals surface area contributed by atoms with Crippen LogP contribution in [0.1, 0.15) is 12.5 Å². The average Bonchev–Trinajstić information content (AvgIpc) is 2.97. The minimum absolute atomic E-state index is 0.0130. The number of aryl methyl sites for hydroxylation is 1. The second kappa shape index (κ2) is 5.58. The molecular weight excluding hydrogens is 288 g/mol. The Kier molecular flexibility index (Phi) is 3.62. The van der Waals surface area contributed by atoms with E-state index in [1.54, 1.807) is 12.1 Å². The summed E-state index contributed by atoms with van der Waals surface area (Å²) in [5.41, 5.74) is 2.58. The minimum atomic E-state index is 0.0130. The lowest BCUT2D eigenvalue weighted by molar-refractivity contribution is 0.426. The molecule has 0 spiro atoms. The number of phenolic OH excluding ortho intramolecular Hbond substituents is 1. The molecule has 0 radical (unpaired) electrons. The highest BCUT2D eigenvalue weighted by Crippen LogP contribution is 2.31. The van der Waals surface area contributed by atoms with Crippen LogP contribution >= 0.6 is 11.6 Å². The zero-order valence-electron chi connectivity index (χ0n) is 11.4. The van der Waals surface area contributed by atoms with Gasteiger partial charge in [-0.05, 0) is 30.2 Å². The summed E-state index contributed by atoms with van der Waals surface area (Å²) in [6.07, 6.45) is 0.983. The van der Waals surface area contributed by atoms with Gasteiger partial charge in [0.25, 0.3) is 5.89 Å². The monoisotopic (exact) mass is 300 g/mol. The molecule has 0 fully saturated rings. The third-order valence-corrected chi connectivity index (χ3v) is 3.47. The van der Waals surface area contributed by atoms with Crippen LogP contribution in [0.5, 0.6) is 5.75 Å². The maximum atomic E-state index is 9.88. The molecule has 3 aromatic rings. The number of aromatic hydroxyl groups is 1. The Balaban J connectivity index is 1.95. The fourth-order valence-electron chi connectivity index (χ4n) is 2.03. The van der Waals surface area contributed by atoms with Gasteiger partial charge in [0, 0.05) is 10.6 Å². The van der Waals surface area contributed by atoms with E-state index in [1.807, 2.05) is 24.3 Å². The van der Waals surface area contributed by atoms with Gasteiger partial charge < -0.3 is 9.63 Å². The third kappa shape index (κ3) is 2.76. The number of phenols is 1. The summed E-state index contributed by atoms with van der Waals surface area (Å²) in [7, 11) is 0. The lowest BCUT2D eigenvalue weighted by atomic mass is 10.1. The molecule has 0 amide bonds. The first kappa shape index (κ1) is 13.6. The van der Waals surface area contributed by atoms with E-state index in [0.717, 1.165) is 12.0 Å². The third-order valence-electron chi connectivity index (χ3n) is 3.24. The number of aromatic nitrogens is 2. The Morgan fingerprint density at radius 1 is 1.14 bits per heavy atom. The first-order valence-corrected chi connectivity index (χ1v) is 6.97. The van der Waals surface area contributed by atoms with Crippen molar-refractivity contribution in [1.82, 2.24) is 10.1 Å². The Morgan fingerprint density at radius 2 is 1.90 bits per heavy atom. The molecule has 0 bridgehead atoms. The summed E-state index contributed by atoms with van der Waals surface area (Å²) in [4.78, 5) is 4.32. The molecule has 0 unspecified atom stereocenters. The van der Waals surface area contributed by atoms with E-state index in [9.17, 15) is 5.11 Å². The normalized spacial score (nSPS) is 10.8. The maximum Gasteiger partial charge on any atom is 0.261 e. The first-order valence-electron chi connectivity index (χ1n) is 6.59. The van der Waals surface area contributed by atoms with Crippen LogP contribution in [0.25, 0.3) is 22.8 Å².